The molecule has 0 bridgehead atoms. The van der Waals surface area contributed by atoms with E-state index in [9.17, 15) is 4.79 Å². The summed E-state index contributed by atoms with van der Waals surface area (Å²) in [4.78, 5) is 16.1. The fourth-order valence-electron chi connectivity index (χ4n) is 3.09. The number of ether oxygens (including phenoxy) is 1. The van der Waals surface area contributed by atoms with Crippen molar-refractivity contribution in [2.45, 2.75) is 51.5 Å². The molecule has 18 heavy (non-hydrogen) atoms. The zero-order chi connectivity index (χ0) is 12.8. The number of hydrogen-bond acceptors (Lipinski definition) is 3. The Balaban J connectivity index is 1.76. The molecule has 0 spiro atoms. The summed E-state index contributed by atoms with van der Waals surface area (Å²) in [7, 11) is 0. The number of likely N-dealkylation sites (tertiary alicyclic amines) is 2. The van der Waals surface area contributed by atoms with Crippen molar-refractivity contribution in [3.05, 3.63) is 0 Å². The lowest BCUT2D eigenvalue weighted by Gasteiger charge is -2.37. The molecule has 4 nitrogen and oxygen atoms in total. The van der Waals surface area contributed by atoms with E-state index in [0.29, 0.717) is 12.6 Å². The van der Waals surface area contributed by atoms with Crippen LogP contribution >= 0.6 is 0 Å². The van der Waals surface area contributed by atoms with Crippen LogP contribution in [0.1, 0.15) is 45.4 Å². The highest BCUT2D eigenvalue weighted by Gasteiger charge is 2.27. The summed E-state index contributed by atoms with van der Waals surface area (Å²) in [6.45, 7) is 6.57. The Morgan fingerprint density at radius 2 is 1.67 bits per heavy atom. The van der Waals surface area contributed by atoms with E-state index in [1.54, 1.807) is 0 Å². The van der Waals surface area contributed by atoms with E-state index in [-0.39, 0.29) is 6.09 Å². The largest absolute Gasteiger partial charge is 0.450 e. The van der Waals surface area contributed by atoms with E-state index in [0.717, 1.165) is 25.9 Å². The topological polar surface area (TPSA) is 32.8 Å². The molecule has 104 valence electrons. The SMILES string of the molecule is CCOC(=O)N1CCC(N2CCCCCC2)CC1. The van der Waals surface area contributed by atoms with Gasteiger partial charge < -0.3 is 14.5 Å². The van der Waals surface area contributed by atoms with Crippen LogP contribution in [0.15, 0.2) is 0 Å². The number of hydrogen-bond donors (Lipinski definition) is 0. The van der Waals surface area contributed by atoms with Gasteiger partial charge in [-0.25, -0.2) is 4.79 Å². The van der Waals surface area contributed by atoms with Gasteiger partial charge in [0.25, 0.3) is 0 Å². The van der Waals surface area contributed by atoms with Crippen LogP contribution in [0.2, 0.25) is 0 Å². The van der Waals surface area contributed by atoms with Crippen molar-refractivity contribution in [1.29, 1.82) is 0 Å². The molecule has 2 aliphatic rings. The molecule has 0 aromatic rings. The van der Waals surface area contributed by atoms with Gasteiger partial charge in [-0.15, -0.1) is 0 Å². The van der Waals surface area contributed by atoms with E-state index in [1.807, 2.05) is 11.8 Å². The molecular weight excluding hydrogens is 228 g/mol. The minimum Gasteiger partial charge on any atom is -0.450 e. The molecule has 0 unspecified atom stereocenters. The van der Waals surface area contributed by atoms with Gasteiger partial charge >= 0.3 is 6.09 Å². The highest BCUT2D eigenvalue weighted by atomic mass is 16.6. The Morgan fingerprint density at radius 1 is 1.06 bits per heavy atom. The maximum Gasteiger partial charge on any atom is 0.409 e. The minimum absolute atomic E-state index is 0.133. The maximum atomic E-state index is 11.6. The molecule has 0 radical (unpaired) electrons. The molecule has 0 saturated carbocycles. The average molecular weight is 254 g/mol. The highest BCUT2D eigenvalue weighted by molar-refractivity contribution is 5.67. The van der Waals surface area contributed by atoms with E-state index in [4.69, 9.17) is 4.74 Å². The molecule has 2 heterocycles. The van der Waals surface area contributed by atoms with Gasteiger partial charge in [0.1, 0.15) is 0 Å². The Morgan fingerprint density at radius 3 is 2.22 bits per heavy atom. The molecule has 0 N–H and O–H groups in total. The van der Waals surface area contributed by atoms with E-state index in [2.05, 4.69) is 4.90 Å². The summed E-state index contributed by atoms with van der Waals surface area (Å²) in [6.07, 6.45) is 7.55. The number of amides is 1. The molecule has 0 aliphatic carbocycles. The molecular formula is C14H26N2O2. The summed E-state index contributed by atoms with van der Waals surface area (Å²) in [5.74, 6) is 0. The molecule has 4 heteroatoms. The molecule has 2 aliphatic heterocycles. The number of nitrogens with zero attached hydrogens (tertiary/aromatic N) is 2. The van der Waals surface area contributed by atoms with E-state index >= 15 is 0 Å². The zero-order valence-electron chi connectivity index (χ0n) is 11.6. The third kappa shape index (κ3) is 3.61. The number of rotatable bonds is 2. The van der Waals surface area contributed by atoms with E-state index in [1.165, 1.54) is 38.8 Å². The molecule has 2 fully saturated rings. The van der Waals surface area contributed by atoms with Crippen LogP contribution in [0.4, 0.5) is 4.79 Å². The fourth-order valence-corrected chi connectivity index (χ4v) is 3.09. The molecule has 2 rings (SSSR count). The lowest BCUT2D eigenvalue weighted by molar-refractivity contribution is 0.0756. The van der Waals surface area contributed by atoms with Crippen LogP contribution in [0.25, 0.3) is 0 Å². The van der Waals surface area contributed by atoms with Crippen LogP contribution in [0.5, 0.6) is 0 Å². The monoisotopic (exact) mass is 254 g/mol. The van der Waals surface area contributed by atoms with E-state index < -0.39 is 0 Å². The van der Waals surface area contributed by atoms with Crippen LogP contribution in [-0.4, -0.2) is 54.7 Å². The third-order valence-corrected chi connectivity index (χ3v) is 4.15. The summed E-state index contributed by atoms with van der Waals surface area (Å²) < 4.78 is 5.06. The van der Waals surface area contributed by atoms with Crippen LogP contribution in [0.3, 0.4) is 0 Å². The molecule has 0 aromatic carbocycles. The Hall–Kier alpha value is -0.770. The highest BCUT2D eigenvalue weighted by Crippen LogP contribution is 2.20. The van der Waals surface area contributed by atoms with Gasteiger partial charge in [-0.2, -0.15) is 0 Å². The summed E-state index contributed by atoms with van der Waals surface area (Å²) in [6, 6.07) is 0.689. The molecule has 0 aromatic heterocycles. The Labute approximate surface area is 110 Å². The van der Waals surface area contributed by atoms with Gasteiger partial charge in [-0.05, 0) is 45.7 Å². The molecule has 2 saturated heterocycles. The minimum atomic E-state index is -0.133. The van der Waals surface area contributed by atoms with Crippen molar-refractivity contribution in [2.75, 3.05) is 32.8 Å². The Bertz CT molecular complexity index is 255. The van der Waals surface area contributed by atoms with Crippen molar-refractivity contribution < 1.29 is 9.53 Å². The Kier molecular flexibility index (Phi) is 5.29. The summed E-state index contributed by atoms with van der Waals surface area (Å²) in [5, 5.41) is 0. The maximum absolute atomic E-state index is 11.6. The average Bonchev–Trinajstić information content (AvgIpc) is 2.68. The van der Waals surface area contributed by atoms with Crippen molar-refractivity contribution in [3.63, 3.8) is 0 Å². The zero-order valence-corrected chi connectivity index (χ0v) is 11.6. The predicted molar refractivity (Wildman–Crippen MR) is 71.7 cm³/mol. The van der Waals surface area contributed by atoms with Crippen LogP contribution in [-0.2, 0) is 4.74 Å². The number of carbonyl (C=O) groups is 1. The quantitative estimate of drug-likeness (QED) is 0.759. The van der Waals surface area contributed by atoms with Crippen molar-refractivity contribution in [3.8, 4) is 0 Å². The summed E-state index contributed by atoms with van der Waals surface area (Å²) >= 11 is 0. The second-order valence-corrected chi connectivity index (χ2v) is 5.37. The van der Waals surface area contributed by atoms with Gasteiger partial charge in [-0.1, -0.05) is 12.8 Å². The lowest BCUT2D eigenvalue weighted by Crippen LogP contribution is -2.47. The van der Waals surface area contributed by atoms with Crippen molar-refractivity contribution >= 4 is 6.09 Å². The lowest BCUT2D eigenvalue weighted by atomic mass is 10.0. The fraction of sp³-hybridized carbons (Fsp3) is 0.929. The van der Waals surface area contributed by atoms with Gasteiger partial charge in [0.05, 0.1) is 6.61 Å². The standard InChI is InChI=1S/C14H26N2O2/c1-2-18-14(17)16-11-7-13(8-12-16)15-9-5-3-4-6-10-15/h13H,2-12H2,1H3. The van der Waals surface area contributed by atoms with Gasteiger partial charge in [0, 0.05) is 19.1 Å². The third-order valence-electron chi connectivity index (χ3n) is 4.15. The number of piperidine rings is 1. The smallest absolute Gasteiger partial charge is 0.409 e. The first kappa shape index (κ1) is 13.7. The van der Waals surface area contributed by atoms with Crippen molar-refractivity contribution in [2.24, 2.45) is 0 Å². The van der Waals surface area contributed by atoms with Gasteiger partial charge in [0.15, 0.2) is 0 Å². The normalized spacial score (nSPS) is 23.7. The summed E-state index contributed by atoms with van der Waals surface area (Å²) in [5.41, 5.74) is 0. The first-order chi connectivity index (χ1) is 8.81. The second-order valence-electron chi connectivity index (χ2n) is 5.37. The second kappa shape index (κ2) is 6.98. The first-order valence-corrected chi connectivity index (χ1v) is 7.47. The van der Waals surface area contributed by atoms with Gasteiger partial charge in [0.2, 0.25) is 0 Å². The first-order valence-electron chi connectivity index (χ1n) is 7.47. The molecule has 0 atom stereocenters. The molecule has 1 amide bonds. The predicted octanol–water partition coefficient (Wildman–Crippen LogP) is 2.48. The number of carbonyl (C=O) groups excluding carboxylic acids is 1. The van der Waals surface area contributed by atoms with Crippen LogP contribution in [0, 0.1) is 0 Å². The van der Waals surface area contributed by atoms with Gasteiger partial charge in [-0.3, -0.25) is 0 Å². The van der Waals surface area contributed by atoms with Crippen LogP contribution < -0.4 is 0 Å². The van der Waals surface area contributed by atoms with Crippen molar-refractivity contribution in [1.82, 2.24) is 9.80 Å².